The molecule has 12 nitrogen and oxygen atoms in total. The summed E-state index contributed by atoms with van der Waals surface area (Å²) in [6, 6.07) is 0. The van der Waals surface area contributed by atoms with E-state index in [1.54, 1.807) is 0 Å². The van der Waals surface area contributed by atoms with Crippen molar-refractivity contribution in [1.29, 1.82) is 0 Å². The Balaban J connectivity index is 2.37. The van der Waals surface area contributed by atoms with Crippen LogP contribution in [0.25, 0.3) is 0 Å². The highest BCUT2D eigenvalue weighted by molar-refractivity contribution is 8.76. The largest absolute Gasteiger partial charge is 0.481 e. The second kappa shape index (κ2) is 12.6. The van der Waals surface area contributed by atoms with Gasteiger partial charge in [-0.05, 0) is 0 Å². The van der Waals surface area contributed by atoms with Gasteiger partial charge in [-0.15, -0.1) is 0 Å². The number of carbonyl (C=O) groups excluding carboxylic acids is 4. The average Bonchev–Trinajstić information content (AvgIpc) is 2.95. The molecule has 0 aliphatic carbocycles. The van der Waals surface area contributed by atoms with E-state index in [2.05, 4.69) is 10.6 Å². The Morgan fingerprint density at radius 3 is 2.20 bits per heavy atom. The van der Waals surface area contributed by atoms with Crippen molar-refractivity contribution in [2.24, 2.45) is 0 Å². The van der Waals surface area contributed by atoms with E-state index in [1.807, 2.05) is 0 Å². The zero-order valence-corrected chi connectivity index (χ0v) is 18.1. The van der Waals surface area contributed by atoms with Crippen LogP contribution in [-0.2, 0) is 34.1 Å². The third-order valence-electron chi connectivity index (χ3n) is 3.57. The van der Waals surface area contributed by atoms with Crippen LogP contribution < -0.4 is 10.6 Å². The van der Waals surface area contributed by atoms with Crippen molar-refractivity contribution in [2.75, 3.05) is 31.1 Å². The predicted molar refractivity (Wildman–Crippen MR) is 109 cm³/mol. The maximum absolute atomic E-state index is 12.0. The summed E-state index contributed by atoms with van der Waals surface area (Å²) in [6.07, 6.45) is 1.80. The van der Waals surface area contributed by atoms with Gasteiger partial charge in [0.15, 0.2) is 5.25 Å². The van der Waals surface area contributed by atoms with Gasteiger partial charge in [0.05, 0.1) is 6.42 Å². The second-order valence-electron chi connectivity index (χ2n) is 5.80. The highest BCUT2D eigenvalue weighted by Gasteiger charge is 2.31. The van der Waals surface area contributed by atoms with Crippen LogP contribution in [0, 0.1) is 0 Å². The minimum atomic E-state index is -4.80. The Bertz CT molecular complexity index is 795. The van der Waals surface area contributed by atoms with Crippen LogP contribution in [0.2, 0.25) is 0 Å². The number of nitrogens with one attached hydrogen (secondary N) is 2. The zero-order valence-electron chi connectivity index (χ0n) is 15.6. The number of rotatable bonds is 14. The van der Waals surface area contributed by atoms with Gasteiger partial charge in [0.2, 0.25) is 11.8 Å². The van der Waals surface area contributed by atoms with E-state index in [-0.39, 0.29) is 25.9 Å². The van der Waals surface area contributed by atoms with E-state index >= 15 is 0 Å². The Labute approximate surface area is 180 Å². The molecular weight excluding hydrogens is 462 g/mol. The number of aliphatic carboxylic acids is 1. The molecule has 0 saturated carbocycles. The van der Waals surface area contributed by atoms with Crippen molar-refractivity contribution in [3.05, 3.63) is 12.2 Å². The van der Waals surface area contributed by atoms with Gasteiger partial charge in [0, 0.05) is 49.7 Å². The van der Waals surface area contributed by atoms with Crippen LogP contribution in [0.5, 0.6) is 0 Å². The third-order valence-corrected chi connectivity index (χ3v) is 7.07. The van der Waals surface area contributed by atoms with E-state index in [0.29, 0.717) is 11.5 Å². The topological polar surface area (TPSA) is 187 Å². The third kappa shape index (κ3) is 9.60. The molecule has 1 aliphatic heterocycles. The number of nitrogens with zero attached hydrogens (tertiary/aromatic N) is 1. The molecule has 0 spiro atoms. The summed E-state index contributed by atoms with van der Waals surface area (Å²) in [5.41, 5.74) is 0. The number of hydrogen-bond donors (Lipinski definition) is 4. The molecule has 1 heterocycles. The first kappa shape index (κ1) is 25.9. The number of carbonyl (C=O) groups is 5. The van der Waals surface area contributed by atoms with Crippen molar-refractivity contribution in [1.82, 2.24) is 15.5 Å². The molecule has 1 rings (SSSR count). The van der Waals surface area contributed by atoms with Crippen LogP contribution in [-0.4, -0.2) is 89.0 Å². The van der Waals surface area contributed by atoms with Crippen molar-refractivity contribution < 1.29 is 42.0 Å². The molecule has 30 heavy (non-hydrogen) atoms. The molecule has 4 N–H and O–H groups in total. The quantitative estimate of drug-likeness (QED) is 0.0989. The molecule has 0 radical (unpaired) electrons. The number of hydrogen-bond acceptors (Lipinski definition) is 9. The number of imide groups is 1. The summed E-state index contributed by atoms with van der Waals surface area (Å²) in [5, 5.41) is 11.1. The van der Waals surface area contributed by atoms with Crippen molar-refractivity contribution >= 4 is 61.3 Å². The predicted octanol–water partition coefficient (Wildman–Crippen LogP) is -1.35. The lowest BCUT2D eigenvalue weighted by Gasteiger charge is -2.16. The molecule has 0 bridgehead atoms. The van der Waals surface area contributed by atoms with Gasteiger partial charge < -0.3 is 15.7 Å². The van der Waals surface area contributed by atoms with Gasteiger partial charge >= 0.3 is 5.97 Å². The first-order valence-electron chi connectivity index (χ1n) is 8.53. The number of amides is 4. The lowest BCUT2D eigenvalue weighted by atomic mass is 10.3. The molecular formula is C15H21N3O9S3. The average molecular weight is 484 g/mol. The molecule has 1 atom stereocenters. The Kier molecular flexibility index (Phi) is 10.9. The van der Waals surface area contributed by atoms with E-state index in [0.717, 1.165) is 17.1 Å². The molecule has 0 fully saturated rings. The van der Waals surface area contributed by atoms with E-state index in [1.165, 1.54) is 21.6 Å². The second-order valence-corrected chi connectivity index (χ2v) is 10.1. The minimum absolute atomic E-state index is 0.00878. The maximum Gasteiger partial charge on any atom is 0.304 e. The smallest absolute Gasteiger partial charge is 0.304 e. The fourth-order valence-electron chi connectivity index (χ4n) is 2.07. The molecule has 0 aromatic carbocycles. The Hall–Kier alpha value is -2.10. The molecule has 168 valence electrons. The summed E-state index contributed by atoms with van der Waals surface area (Å²) in [6.45, 7) is -0.837. The molecule has 0 aromatic rings. The first-order valence-corrected chi connectivity index (χ1v) is 12.5. The van der Waals surface area contributed by atoms with Gasteiger partial charge in [0.1, 0.15) is 0 Å². The zero-order chi connectivity index (χ0) is 22.7. The van der Waals surface area contributed by atoms with Gasteiger partial charge in [-0.1, -0.05) is 21.6 Å². The number of carboxylic acid groups (broad SMARTS) is 1. The van der Waals surface area contributed by atoms with Gasteiger partial charge in [-0.2, -0.15) is 8.42 Å². The molecule has 4 amide bonds. The van der Waals surface area contributed by atoms with Crippen molar-refractivity contribution in [2.45, 2.75) is 18.1 Å². The molecule has 15 heteroatoms. The fraction of sp³-hybridized carbons (Fsp3) is 0.533. The lowest BCUT2D eigenvalue weighted by molar-refractivity contribution is -0.138. The SMILES string of the molecule is O=C(O)CCSSCCNC(=O)C(CNC(=O)CCN1C(=O)C=CC1=O)S(=O)(=O)O. The number of carboxylic acids is 1. The fourth-order valence-corrected chi connectivity index (χ4v) is 4.60. The molecule has 0 saturated heterocycles. The van der Waals surface area contributed by atoms with Gasteiger partial charge in [-0.25, -0.2) is 0 Å². The Morgan fingerprint density at radius 1 is 1.03 bits per heavy atom. The van der Waals surface area contributed by atoms with E-state index in [9.17, 15) is 36.9 Å². The maximum atomic E-state index is 12.0. The van der Waals surface area contributed by atoms with Crippen molar-refractivity contribution in [3.63, 3.8) is 0 Å². The van der Waals surface area contributed by atoms with Crippen molar-refractivity contribution in [3.8, 4) is 0 Å². The Morgan fingerprint density at radius 2 is 1.63 bits per heavy atom. The van der Waals surface area contributed by atoms with Gasteiger partial charge in [-0.3, -0.25) is 33.4 Å². The van der Waals surface area contributed by atoms with E-state index in [4.69, 9.17) is 5.11 Å². The van der Waals surface area contributed by atoms with Crippen LogP contribution in [0.3, 0.4) is 0 Å². The molecule has 1 aliphatic rings. The van der Waals surface area contributed by atoms with Crippen LogP contribution in [0.15, 0.2) is 12.2 Å². The van der Waals surface area contributed by atoms with Crippen LogP contribution in [0.4, 0.5) is 0 Å². The lowest BCUT2D eigenvalue weighted by Crippen LogP contribution is -2.47. The van der Waals surface area contributed by atoms with Crippen LogP contribution >= 0.6 is 21.6 Å². The summed E-state index contributed by atoms with van der Waals surface area (Å²) < 4.78 is 32.1. The molecule has 1 unspecified atom stereocenters. The summed E-state index contributed by atoms with van der Waals surface area (Å²) in [7, 11) is -2.23. The highest BCUT2D eigenvalue weighted by Crippen LogP contribution is 2.20. The summed E-state index contributed by atoms with van der Waals surface area (Å²) in [4.78, 5) is 57.8. The standard InChI is InChI=1S/C15H21N3O9S3/c19-11(3-6-18-12(20)1-2-13(18)21)17-9-10(30(25,26)27)15(24)16-5-8-29-28-7-4-14(22)23/h1-2,10H,3-9H2,(H,16,24)(H,17,19)(H,22,23)(H,25,26,27). The summed E-state index contributed by atoms with van der Waals surface area (Å²) >= 11 is 0. The van der Waals surface area contributed by atoms with Crippen LogP contribution in [0.1, 0.15) is 12.8 Å². The highest BCUT2D eigenvalue weighted by atomic mass is 33.1. The van der Waals surface area contributed by atoms with E-state index < -0.39 is 51.5 Å². The monoisotopic (exact) mass is 483 g/mol. The minimum Gasteiger partial charge on any atom is -0.481 e. The first-order chi connectivity index (χ1) is 14.0. The molecule has 0 aromatic heterocycles. The normalized spacial score (nSPS) is 14.6. The summed E-state index contributed by atoms with van der Waals surface area (Å²) in [5.74, 6) is -3.05. The van der Waals surface area contributed by atoms with Gasteiger partial charge in [0.25, 0.3) is 21.9 Å².